The minimum absolute atomic E-state index is 0.0952. The first-order chi connectivity index (χ1) is 12.5. The molecule has 0 atom stereocenters. The zero-order chi connectivity index (χ0) is 18.3. The Hall–Kier alpha value is -2.61. The predicted molar refractivity (Wildman–Crippen MR) is 103 cm³/mol. The van der Waals surface area contributed by atoms with Crippen molar-refractivity contribution >= 4 is 51.0 Å². The molecule has 0 radical (unpaired) electrons. The smallest absolute Gasteiger partial charge is 0.283 e. The van der Waals surface area contributed by atoms with Crippen molar-refractivity contribution in [3.8, 4) is 17.1 Å². The maximum Gasteiger partial charge on any atom is 0.283 e. The second-order valence-electron chi connectivity index (χ2n) is 5.27. The Balaban J connectivity index is 1.82. The SMILES string of the molecule is O=c1c2c(-c3ccco3)csc2ncn1/N=C/c1cc(Cl)cc(Cl)c1O. The molecule has 0 saturated heterocycles. The fourth-order valence-electron chi connectivity index (χ4n) is 2.43. The molecule has 3 heterocycles. The quantitative estimate of drug-likeness (QED) is 0.504. The lowest BCUT2D eigenvalue weighted by molar-refractivity contribution is 0.474. The molecule has 130 valence electrons. The Morgan fingerprint density at radius 1 is 1.35 bits per heavy atom. The van der Waals surface area contributed by atoms with E-state index in [1.165, 1.54) is 42.3 Å². The molecule has 3 aromatic heterocycles. The van der Waals surface area contributed by atoms with Crippen LogP contribution in [0.3, 0.4) is 0 Å². The molecule has 0 aliphatic heterocycles. The van der Waals surface area contributed by atoms with Crippen LogP contribution >= 0.6 is 34.5 Å². The van der Waals surface area contributed by atoms with Crippen LogP contribution in [0.4, 0.5) is 0 Å². The van der Waals surface area contributed by atoms with Crippen molar-refractivity contribution in [2.45, 2.75) is 0 Å². The second kappa shape index (κ2) is 6.60. The highest BCUT2D eigenvalue weighted by Crippen LogP contribution is 2.31. The Morgan fingerprint density at radius 3 is 2.96 bits per heavy atom. The van der Waals surface area contributed by atoms with Gasteiger partial charge in [0.1, 0.15) is 22.7 Å². The molecular formula is C17H9Cl2N3O3S. The van der Waals surface area contributed by atoms with Crippen LogP contribution in [0.5, 0.6) is 5.75 Å². The predicted octanol–water partition coefficient (Wildman–Crippen LogP) is 4.61. The van der Waals surface area contributed by atoms with Gasteiger partial charge in [-0.25, -0.2) is 4.98 Å². The fraction of sp³-hybridized carbons (Fsp3) is 0. The summed E-state index contributed by atoms with van der Waals surface area (Å²) in [5.74, 6) is 0.407. The maximum atomic E-state index is 12.8. The molecule has 0 amide bonds. The molecule has 0 saturated carbocycles. The number of thiophene rings is 1. The summed E-state index contributed by atoms with van der Waals surface area (Å²) in [4.78, 5) is 17.6. The second-order valence-corrected chi connectivity index (χ2v) is 6.97. The van der Waals surface area contributed by atoms with E-state index in [1.807, 2.05) is 5.38 Å². The van der Waals surface area contributed by atoms with Gasteiger partial charge in [-0.3, -0.25) is 4.79 Å². The Morgan fingerprint density at radius 2 is 2.19 bits per heavy atom. The van der Waals surface area contributed by atoms with Gasteiger partial charge in [-0.2, -0.15) is 9.78 Å². The third-order valence-electron chi connectivity index (χ3n) is 3.64. The lowest BCUT2D eigenvalue weighted by Gasteiger charge is -2.03. The summed E-state index contributed by atoms with van der Waals surface area (Å²) >= 11 is 13.2. The number of halogens is 2. The number of rotatable bonds is 3. The van der Waals surface area contributed by atoms with Crippen molar-refractivity contribution < 1.29 is 9.52 Å². The number of fused-ring (bicyclic) bond motifs is 1. The normalized spacial score (nSPS) is 11.6. The number of phenolic OH excluding ortho intramolecular Hbond substituents is 1. The molecule has 1 aromatic carbocycles. The van der Waals surface area contributed by atoms with Gasteiger partial charge in [0.05, 0.1) is 22.9 Å². The number of phenols is 1. The molecule has 4 aromatic rings. The average Bonchev–Trinajstić information content (AvgIpc) is 3.27. The van der Waals surface area contributed by atoms with E-state index in [4.69, 9.17) is 27.6 Å². The number of aromatic hydroxyl groups is 1. The molecule has 0 aliphatic carbocycles. The van der Waals surface area contributed by atoms with E-state index in [0.29, 0.717) is 26.6 Å². The molecule has 0 fully saturated rings. The standard InChI is InChI=1S/C17H9Cl2N3O3S/c18-10-4-9(15(23)12(19)5-10)6-21-22-8-20-16-14(17(22)24)11(7-26-16)13-2-1-3-25-13/h1-8,23H/b21-6+. The molecule has 4 rings (SSSR count). The molecule has 6 nitrogen and oxygen atoms in total. The van der Waals surface area contributed by atoms with Crippen molar-refractivity contribution in [2.24, 2.45) is 5.10 Å². The van der Waals surface area contributed by atoms with Crippen LogP contribution in [0.25, 0.3) is 21.5 Å². The van der Waals surface area contributed by atoms with E-state index in [-0.39, 0.29) is 21.9 Å². The van der Waals surface area contributed by atoms with Crippen LogP contribution in [0.2, 0.25) is 10.0 Å². The maximum absolute atomic E-state index is 12.8. The summed E-state index contributed by atoms with van der Waals surface area (Å²) in [6.45, 7) is 0. The monoisotopic (exact) mass is 405 g/mol. The number of nitrogens with zero attached hydrogens (tertiary/aromatic N) is 3. The number of furan rings is 1. The zero-order valence-electron chi connectivity index (χ0n) is 12.9. The topological polar surface area (TPSA) is 80.6 Å². The van der Waals surface area contributed by atoms with Crippen LogP contribution in [0.1, 0.15) is 5.56 Å². The average molecular weight is 406 g/mol. The summed E-state index contributed by atoms with van der Waals surface area (Å²) < 4.78 is 6.46. The first kappa shape index (κ1) is 16.8. The Labute approximate surface area is 160 Å². The van der Waals surface area contributed by atoms with Crippen LogP contribution in [-0.4, -0.2) is 21.0 Å². The van der Waals surface area contributed by atoms with Gasteiger partial charge in [0.25, 0.3) is 5.56 Å². The lowest BCUT2D eigenvalue weighted by Crippen LogP contribution is -2.16. The van der Waals surface area contributed by atoms with Gasteiger partial charge in [0, 0.05) is 21.5 Å². The molecule has 0 unspecified atom stereocenters. The van der Waals surface area contributed by atoms with Crippen LogP contribution < -0.4 is 5.56 Å². The van der Waals surface area contributed by atoms with Crippen molar-refractivity contribution in [3.05, 3.63) is 68.2 Å². The number of aromatic nitrogens is 2. The molecule has 9 heteroatoms. The van der Waals surface area contributed by atoms with Crippen molar-refractivity contribution in [2.75, 3.05) is 0 Å². The summed E-state index contributed by atoms with van der Waals surface area (Å²) in [5, 5.41) is 16.7. The van der Waals surface area contributed by atoms with Crippen LogP contribution in [0.15, 0.2) is 56.5 Å². The van der Waals surface area contributed by atoms with E-state index >= 15 is 0 Å². The molecule has 0 bridgehead atoms. The Bertz CT molecular complexity index is 1200. The number of benzene rings is 1. The van der Waals surface area contributed by atoms with Crippen LogP contribution in [0, 0.1) is 0 Å². The van der Waals surface area contributed by atoms with Gasteiger partial charge in [-0.15, -0.1) is 11.3 Å². The van der Waals surface area contributed by atoms with E-state index in [9.17, 15) is 9.90 Å². The minimum atomic E-state index is -0.355. The highest BCUT2D eigenvalue weighted by molar-refractivity contribution is 7.17. The van der Waals surface area contributed by atoms with Crippen LogP contribution in [-0.2, 0) is 0 Å². The summed E-state index contributed by atoms with van der Waals surface area (Å²) in [6, 6.07) is 6.42. The summed E-state index contributed by atoms with van der Waals surface area (Å²) in [5.41, 5.74) is 0.586. The molecule has 1 N–H and O–H groups in total. The van der Waals surface area contributed by atoms with Gasteiger partial charge in [0.2, 0.25) is 0 Å². The van der Waals surface area contributed by atoms with E-state index in [0.717, 1.165) is 4.68 Å². The fourth-order valence-corrected chi connectivity index (χ4v) is 3.82. The summed E-state index contributed by atoms with van der Waals surface area (Å²) in [6.07, 6.45) is 4.14. The van der Waals surface area contributed by atoms with Gasteiger partial charge in [-0.05, 0) is 24.3 Å². The highest BCUT2D eigenvalue weighted by Gasteiger charge is 2.15. The number of hydrogen-bond acceptors (Lipinski definition) is 6. The molecule has 26 heavy (non-hydrogen) atoms. The van der Waals surface area contributed by atoms with Gasteiger partial charge in [-0.1, -0.05) is 23.2 Å². The Kier molecular flexibility index (Phi) is 4.28. The van der Waals surface area contributed by atoms with Gasteiger partial charge < -0.3 is 9.52 Å². The first-order valence-electron chi connectivity index (χ1n) is 7.29. The largest absolute Gasteiger partial charge is 0.506 e. The zero-order valence-corrected chi connectivity index (χ0v) is 15.2. The van der Waals surface area contributed by atoms with E-state index in [1.54, 1.807) is 12.1 Å². The minimum Gasteiger partial charge on any atom is -0.506 e. The lowest BCUT2D eigenvalue weighted by atomic mass is 10.2. The molecule has 0 aliphatic rings. The van der Waals surface area contributed by atoms with Crippen molar-refractivity contribution in [3.63, 3.8) is 0 Å². The van der Waals surface area contributed by atoms with E-state index in [2.05, 4.69) is 10.1 Å². The summed E-state index contributed by atoms with van der Waals surface area (Å²) in [7, 11) is 0. The van der Waals surface area contributed by atoms with Crippen molar-refractivity contribution in [1.29, 1.82) is 0 Å². The van der Waals surface area contributed by atoms with E-state index < -0.39 is 0 Å². The third-order valence-corrected chi connectivity index (χ3v) is 5.04. The third kappa shape index (κ3) is 2.90. The van der Waals surface area contributed by atoms with Gasteiger partial charge >= 0.3 is 0 Å². The highest BCUT2D eigenvalue weighted by atomic mass is 35.5. The number of hydrogen-bond donors (Lipinski definition) is 1. The molecular weight excluding hydrogens is 397 g/mol. The van der Waals surface area contributed by atoms with Gasteiger partial charge in [0.15, 0.2) is 0 Å². The van der Waals surface area contributed by atoms with Crippen molar-refractivity contribution in [1.82, 2.24) is 9.66 Å². The molecule has 0 spiro atoms. The first-order valence-corrected chi connectivity index (χ1v) is 8.93.